The van der Waals surface area contributed by atoms with Crippen molar-refractivity contribution >= 4 is 0 Å². The van der Waals surface area contributed by atoms with Crippen molar-refractivity contribution in [2.24, 2.45) is 0 Å². The fraction of sp³-hybridized carbons (Fsp3) is 0.857. The van der Waals surface area contributed by atoms with Gasteiger partial charge in [0, 0.05) is 19.0 Å². The summed E-state index contributed by atoms with van der Waals surface area (Å²) in [6.07, 6.45) is 5.90. The Morgan fingerprint density at radius 2 is 2.26 bits per heavy atom. The van der Waals surface area contributed by atoms with E-state index < -0.39 is 0 Å². The molecular formula is C14H26N4O. The minimum atomic E-state index is 0.617. The zero-order valence-corrected chi connectivity index (χ0v) is 12.2. The number of nitrogens with one attached hydrogen (secondary N) is 1. The first-order chi connectivity index (χ1) is 9.31. The molecule has 0 aromatic carbocycles. The lowest BCUT2D eigenvalue weighted by Crippen LogP contribution is -2.43. The number of likely N-dealkylation sites (N-methyl/N-ethyl adjacent to an activating group) is 1. The van der Waals surface area contributed by atoms with E-state index in [2.05, 4.69) is 34.2 Å². The first-order valence-corrected chi connectivity index (χ1v) is 7.59. The van der Waals surface area contributed by atoms with Gasteiger partial charge in [-0.25, -0.2) is 0 Å². The van der Waals surface area contributed by atoms with Crippen molar-refractivity contribution in [2.45, 2.75) is 58.5 Å². The molecule has 2 heterocycles. The van der Waals surface area contributed by atoms with Gasteiger partial charge in [-0.15, -0.1) is 0 Å². The van der Waals surface area contributed by atoms with E-state index in [0.717, 1.165) is 50.7 Å². The molecule has 0 bridgehead atoms. The number of aromatic nitrogens is 2. The number of hydrogen-bond acceptors (Lipinski definition) is 5. The molecule has 0 saturated carbocycles. The molecule has 1 unspecified atom stereocenters. The Morgan fingerprint density at radius 3 is 2.95 bits per heavy atom. The largest absolute Gasteiger partial charge is 0.338 e. The maximum absolute atomic E-state index is 5.32. The van der Waals surface area contributed by atoms with Crippen molar-refractivity contribution in [1.29, 1.82) is 0 Å². The third-order valence-corrected chi connectivity index (χ3v) is 3.68. The number of hydrogen-bond donors (Lipinski definition) is 1. The van der Waals surface area contributed by atoms with Crippen LogP contribution in [0.15, 0.2) is 4.52 Å². The van der Waals surface area contributed by atoms with Crippen LogP contribution in [0.2, 0.25) is 0 Å². The van der Waals surface area contributed by atoms with Crippen LogP contribution in [0.4, 0.5) is 0 Å². The van der Waals surface area contributed by atoms with Crippen molar-refractivity contribution in [3.05, 3.63) is 11.7 Å². The first kappa shape index (κ1) is 14.5. The molecule has 1 aliphatic rings. The molecule has 1 N–H and O–H groups in total. The zero-order valence-electron chi connectivity index (χ0n) is 12.2. The minimum absolute atomic E-state index is 0.617. The van der Waals surface area contributed by atoms with Crippen molar-refractivity contribution in [1.82, 2.24) is 20.4 Å². The van der Waals surface area contributed by atoms with Gasteiger partial charge in [0.2, 0.25) is 5.89 Å². The van der Waals surface area contributed by atoms with Gasteiger partial charge in [-0.1, -0.05) is 25.4 Å². The first-order valence-electron chi connectivity index (χ1n) is 7.59. The standard InChI is InChI=1S/C14H26N4O/c1-3-7-13-16-14(19-17-13)11-18(4-2)10-12-8-5-6-9-15-12/h12,15H,3-11H2,1-2H3. The van der Waals surface area contributed by atoms with E-state index in [0.29, 0.717) is 6.04 Å². The van der Waals surface area contributed by atoms with Gasteiger partial charge in [-0.05, 0) is 32.4 Å². The van der Waals surface area contributed by atoms with E-state index >= 15 is 0 Å². The van der Waals surface area contributed by atoms with Crippen molar-refractivity contribution in [3.8, 4) is 0 Å². The molecule has 1 aromatic heterocycles. The second-order valence-corrected chi connectivity index (χ2v) is 5.33. The topological polar surface area (TPSA) is 54.2 Å². The molecule has 0 aliphatic carbocycles. The van der Waals surface area contributed by atoms with Crippen molar-refractivity contribution in [3.63, 3.8) is 0 Å². The van der Waals surface area contributed by atoms with Gasteiger partial charge in [-0.3, -0.25) is 4.90 Å². The van der Waals surface area contributed by atoms with Crippen LogP contribution in [0, 0.1) is 0 Å². The second kappa shape index (κ2) is 7.60. The van der Waals surface area contributed by atoms with E-state index in [1.807, 2.05) is 0 Å². The Morgan fingerprint density at radius 1 is 1.37 bits per heavy atom. The summed E-state index contributed by atoms with van der Waals surface area (Å²) in [5.41, 5.74) is 0. The highest BCUT2D eigenvalue weighted by atomic mass is 16.5. The predicted molar refractivity (Wildman–Crippen MR) is 74.9 cm³/mol. The molecule has 1 saturated heterocycles. The molecule has 0 amide bonds. The summed E-state index contributed by atoms with van der Waals surface area (Å²) in [6.45, 7) is 8.33. The maximum atomic E-state index is 5.32. The molecular weight excluding hydrogens is 240 g/mol. The monoisotopic (exact) mass is 266 g/mol. The highest BCUT2D eigenvalue weighted by Crippen LogP contribution is 2.10. The average molecular weight is 266 g/mol. The maximum Gasteiger partial charge on any atom is 0.240 e. The number of nitrogens with zero attached hydrogens (tertiary/aromatic N) is 3. The van der Waals surface area contributed by atoms with Crippen LogP contribution in [-0.2, 0) is 13.0 Å². The highest BCUT2D eigenvalue weighted by molar-refractivity contribution is 4.87. The molecule has 0 spiro atoms. The van der Waals surface area contributed by atoms with Crippen LogP contribution in [-0.4, -0.2) is 40.7 Å². The number of rotatable bonds is 7. The van der Waals surface area contributed by atoms with Crippen LogP contribution in [0.3, 0.4) is 0 Å². The molecule has 1 fully saturated rings. The summed E-state index contributed by atoms with van der Waals surface area (Å²) in [6, 6.07) is 0.617. The summed E-state index contributed by atoms with van der Waals surface area (Å²) in [5, 5.41) is 7.60. The van der Waals surface area contributed by atoms with Crippen molar-refractivity contribution < 1.29 is 4.52 Å². The van der Waals surface area contributed by atoms with Crippen LogP contribution in [0.5, 0.6) is 0 Å². The van der Waals surface area contributed by atoms with Gasteiger partial charge < -0.3 is 9.84 Å². The summed E-state index contributed by atoms with van der Waals surface area (Å²) in [5.74, 6) is 1.59. The predicted octanol–water partition coefficient (Wildman–Crippen LogP) is 1.99. The van der Waals surface area contributed by atoms with Crippen LogP contribution in [0.25, 0.3) is 0 Å². The summed E-state index contributed by atoms with van der Waals surface area (Å²) < 4.78 is 5.32. The molecule has 2 rings (SSSR count). The van der Waals surface area contributed by atoms with Gasteiger partial charge in [0.15, 0.2) is 5.82 Å². The summed E-state index contributed by atoms with van der Waals surface area (Å²) in [4.78, 5) is 6.82. The smallest absolute Gasteiger partial charge is 0.240 e. The normalized spacial score (nSPS) is 20.1. The molecule has 19 heavy (non-hydrogen) atoms. The molecule has 1 aromatic rings. The Bertz CT molecular complexity index is 360. The fourth-order valence-corrected chi connectivity index (χ4v) is 2.57. The highest BCUT2D eigenvalue weighted by Gasteiger charge is 2.17. The Labute approximate surface area is 115 Å². The number of piperidine rings is 1. The summed E-state index contributed by atoms with van der Waals surface area (Å²) in [7, 11) is 0. The third-order valence-electron chi connectivity index (χ3n) is 3.68. The lowest BCUT2D eigenvalue weighted by molar-refractivity contribution is 0.201. The van der Waals surface area contributed by atoms with E-state index in [1.165, 1.54) is 19.3 Å². The van der Waals surface area contributed by atoms with Gasteiger partial charge >= 0.3 is 0 Å². The molecule has 5 nitrogen and oxygen atoms in total. The Kier molecular flexibility index (Phi) is 5.79. The number of aryl methyl sites for hydroxylation is 1. The van der Waals surface area contributed by atoms with Crippen LogP contribution < -0.4 is 5.32 Å². The van der Waals surface area contributed by atoms with Gasteiger partial charge in [0.25, 0.3) is 0 Å². The Balaban J connectivity index is 1.83. The molecule has 1 aliphatic heterocycles. The van der Waals surface area contributed by atoms with Gasteiger partial charge in [0.05, 0.1) is 6.54 Å². The lowest BCUT2D eigenvalue weighted by atomic mass is 10.0. The van der Waals surface area contributed by atoms with E-state index in [4.69, 9.17) is 4.52 Å². The Hall–Kier alpha value is -0.940. The van der Waals surface area contributed by atoms with Gasteiger partial charge in [-0.2, -0.15) is 4.98 Å². The summed E-state index contributed by atoms with van der Waals surface area (Å²) >= 11 is 0. The van der Waals surface area contributed by atoms with Crippen LogP contribution in [0.1, 0.15) is 51.2 Å². The molecule has 108 valence electrons. The fourth-order valence-electron chi connectivity index (χ4n) is 2.57. The van der Waals surface area contributed by atoms with Crippen molar-refractivity contribution in [2.75, 3.05) is 19.6 Å². The minimum Gasteiger partial charge on any atom is -0.338 e. The second-order valence-electron chi connectivity index (χ2n) is 5.33. The average Bonchev–Trinajstić information content (AvgIpc) is 2.87. The van der Waals surface area contributed by atoms with Crippen LogP contribution >= 0.6 is 0 Å². The SMILES string of the molecule is CCCc1noc(CN(CC)CC2CCCCN2)n1. The quantitative estimate of drug-likeness (QED) is 0.818. The molecule has 1 atom stereocenters. The molecule has 0 radical (unpaired) electrons. The van der Waals surface area contributed by atoms with E-state index in [1.54, 1.807) is 0 Å². The zero-order chi connectivity index (χ0) is 13.5. The third kappa shape index (κ3) is 4.58. The van der Waals surface area contributed by atoms with E-state index in [-0.39, 0.29) is 0 Å². The van der Waals surface area contributed by atoms with Gasteiger partial charge in [0.1, 0.15) is 0 Å². The lowest BCUT2D eigenvalue weighted by Gasteiger charge is -2.29. The van der Waals surface area contributed by atoms with E-state index in [9.17, 15) is 0 Å². The molecule has 5 heteroatoms.